The monoisotopic (exact) mass is 472 g/mol. The number of likely N-dealkylation sites (tertiary alicyclic amines) is 1. The smallest absolute Gasteiger partial charge is 0.407 e. The van der Waals surface area contributed by atoms with Gasteiger partial charge in [-0.2, -0.15) is 0 Å². The van der Waals surface area contributed by atoms with Crippen molar-refractivity contribution in [1.29, 1.82) is 0 Å². The average Bonchev–Trinajstić information content (AvgIpc) is 3.52. The van der Waals surface area contributed by atoms with Crippen LogP contribution in [0.3, 0.4) is 0 Å². The number of nitrogens with one attached hydrogen (secondary N) is 1. The lowest BCUT2D eigenvalue weighted by atomic mass is 9.81. The van der Waals surface area contributed by atoms with Crippen molar-refractivity contribution in [2.45, 2.75) is 37.6 Å². The normalized spacial score (nSPS) is 23.1. The van der Waals surface area contributed by atoms with Crippen molar-refractivity contribution in [2.75, 3.05) is 19.7 Å². The van der Waals surface area contributed by atoms with Crippen molar-refractivity contribution in [1.82, 2.24) is 10.2 Å². The van der Waals surface area contributed by atoms with Crippen LogP contribution >= 0.6 is 0 Å². The van der Waals surface area contributed by atoms with Gasteiger partial charge in [-0.15, -0.1) is 12.3 Å². The third kappa shape index (κ3) is 3.93. The Labute approximate surface area is 204 Å². The molecule has 7 heteroatoms. The van der Waals surface area contributed by atoms with E-state index in [0.717, 1.165) is 35.1 Å². The van der Waals surface area contributed by atoms with Crippen LogP contribution in [0, 0.1) is 23.7 Å². The molecule has 2 aliphatic carbocycles. The highest BCUT2D eigenvalue weighted by Crippen LogP contribution is 2.49. The third-order valence-corrected chi connectivity index (χ3v) is 7.86. The first-order chi connectivity index (χ1) is 16.9. The number of amides is 2. The van der Waals surface area contributed by atoms with Gasteiger partial charge in [0.1, 0.15) is 12.6 Å². The molecule has 1 heterocycles. The molecule has 3 atom stereocenters. The van der Waals surface area contributed by atoms with Gasteiger partial charge < -0.3 is 20.1 Å². The van der Waals surface area contributed by atoms with Crippen LogP contribution in [0.2, 0.25) is 0 Å². The van der Waals surface area contributed by atoms with E-state index in [1.54, 1.807) is 4.90 Å². The Hall–Kier alpha value is -3.79. The molecule has 0 aromatic heterocycles. The summed E-state index contributed by atoms with van der Waals surface area (Å²) in [5.41, 5.74) is 3.56. The summed E-state index contributed by atoms with van der Waals surface area (Å²) in [7, 11) is 0. The van der Waals surface area contributed by atoms with Gasteiger partial charge in [0.15, 0.2) is 0 Å². The highest BCUT2D eigenvalue weighted by molar-refractivity contribution is 5.88. The second kappa shape index (κ2) is 9.10. The van der Waals surface area contributed by atoms with Crippen molar-refractivity contribution in [2.24, 2.45) is 11.3 Å². The van der Waals surface area contributed by atoms with Crippen molar-refractivity contribution in [3.8, 4) is 23.5 Å². The number of fused-ring (bicyclic) bond motifs is 4. The van der Waals surface area contributed by atoms with Gasteiger partial charge in [0.2, 0.25) is 5.91 Å². The van der Waals surface area contributed by atoms with E-state index >= 15 is 0 Å². The number of carbonyl (C=O) groups is 3. The molecule has 2 amide bonds. The molecule has 7 nitrogen and oxygen atoms in total. The van der Waals surface area contributed by atoms with E-state index in [2.05, 4.69) is 23.4 Å². The number of rotatable bonds is 6. The molecule has 0 spiro atoms. The molecule has 2 fully saturated rings. The van der Waals surface area contributed by atoms with E-state index < -0.39 is 23.5 Å². The lowest BCUT2D eigenvalue weighted by Gasteiger charge is -2.26. The summed E-state index contributed by atoms with van der Waals surface area (Å²) in [4.78, 5) is 39.5. The highest BCUT2D eigenvalue weighted by Gasteiger charge is 2.56. The Kier molecular flexibility index (Phi) is 5.98. The van der Waals surface area contributed by atoms with Crippen LogP contribution in [-0.4, -0.2) is 53.7 Å². The zero-order valence-electron chi connectivity index (χ0n) is 19.4. The summed E-state index contributed by atoms with van der Waals surface area (Å²) < 4.78 is 5.58. The topological polar surface area (TPSA) is 95.9 Å². The SMILES string of the molecule is C#CCC(NC(=O)OCC1c2ccccc2-c2ccccc21)C(=O)N1C[C@@H]2CCC[C@]2(C(=O)O)C1. The molecular formula is C28H28N2O5. The summed E-state index contributed by atoms with van der Waals surface area (Å²) in [6.07, 6.45) is 6.97. The second-order valence-corrected chi connectivity index (χ2v) is 9.70. The predicted molar refractivity (Wildman–Crippen MR) is 129 cm³/mol. The number of hydrogen-bond acceptors (Lipinski definition) is 4. The van der Waals surface area contributed by atoms with E-state index in [0.29, 0.717) is 13.0 Å². The number of hydrogen-bond donors (Lipinski definition) is 2. The minimum atomic E-state index is -0.958. The standard InChI is InChI=1S/C28H28N2O5/c1-2-8-24(25(31)30-15-18-9-7-14-28(18,17-30)26(32)33)29-27(34)35-16-23-21-12-5-3-10-19(21)20-11-4-6-13-22(20)23/h1,3-6,10-13,18,23-24H,7-9,14-17H2,(H,29,34)(H,32,33)/t18-,24?,28-/m0/s1. The molecule has 2 N–H and O–H groups in total. The minimum Gasteiger partial charge on any atom is -0.481 e. The number of aliphatic carboxylic acids is 1. The van der Waals surface area contributed by atoms with Crippen LogP contribution in [0.15, 0.2) is 48.5 Å². The lowest BCUT2D eigenvalue weighted by Crippen LogP contribution is -2.49. The van der Waals surface area contributed by atoms with Crippen LogP contribution in [0.4, 0.5) is 4.79 Å². The predicted octanol–water partition coefficient (Wildman–Crippen LogP) is 3.63. The van der Waals surface area contributed by atoms with Gasteiger partial charge in [-0.3, -0.25) is 9.59 Å². The number of terminal acetylenes is 1. The Balaban J connectivity index is 1.25. The largest absolute Gasteiger partial charge is 0.481 e. The Morgan fingerprint density at radius 3 is 2.40 bits per heavy atom. The van der Waals surface area contributed by atoms with E-state index in [9.17, 15) is 19.5 Å². The summed E-state index contributed by atoms with van der Waals surface area (Å²) in [6, 6.07) is 15.1. The Bertz CT molecular complexity index is 1170. The Morgan fingerprint density at radius 2 is 1.80 bits per heavy atom. The number of ether oxygens (including phenoxy) is 1. The maximum atomic E-state index is 13.2. The van der Waals surface area contributed by atoms with Crippen molar-refractivity contribution < 1.29 is 24.2 Å². The van der Waals surface area contributed by atoms with Gasteiger partial charge in [-0.1, -0.05) is 55.0 Å². The molecule has 0 bridgehead atoms. The number of carboxylic acid groups (broad SMARTS) is 1. The lowest BCUT2D eigenvalue weighted by molar-refractivity contribution is -0.149. The molecule has 1 aliphatic heterocycles. The molecule has 35 heavy (non-hydrogen) atoms. The summed E-state index contributed by atoms with van der Waals surface area (Å²) in [6.45, 7) is 0.655. The number of carbonyl (C=O) groups excluding carboxylic acids is 2. The fourth-order valence-electron chi connectivity index (χ4n) is 6.13. The summed E-state index contributed by atoms with van der Waals surface area (Å²) in [5, 5.41) is 12.4. The molecule has 5 rings (SSSR count). The molecule has 1 saturated heterocycles. The molecule has 1 saturated carbocycles. The van der Waals surface area contributed by atoms with E-state index in [1.807, 2.05) is 36.4 Å². The Morgan fingerprint density at radius 1 is 1.14 bits per heavy atom. The van der Waals surface area contributed by atoms with Crippen LogP contribution < -0.4 is 5.32 Å². The minimum absolute atomic E-state index is 0.00423. The highest BCUT2D eigenvalue weighted by atomic mass is 16.5. The van der Waals surface area contributed by atoms with Gasteiger partial charge in [0.05, 0.1) is 5.41 Å². The van der Waals surface area contributed by atoms with E-state index in [4.69, 9.17) is 11.2 Å². The third-order valence-electron chi connectivity index (χ3n) is 7.86. The van der Waals surface area contributed by atoms with Crippen molar-refractivity contribution in [3.05, 3.63) is 59.7 Å². The fourth-order valence-corrected chi connectivity index (χ4v) is 6.13. The fraction of sp³-hybridized carbons (Fsp3) is 0.393. The van der Waals surface area contributed by atoms with Gasteiger partial charge in [0, 0.05) is 25.4 Å². The maximum absolute atomic E-state index is 13.2. The van der Waals surface area contributed by atoms with Gasteiger partial charge in [0.25, 0.3) is 0 Å². The van der Waals surface area contributed by atoms with E-state index in [-0.39, 0.29) is 37.3 Å². The first kappa shape index (κ1) is 23.0. The first-order valence-corrected chi connectivity index (χ1v) is 12.0. The number of carboxylic acids is 1. The van der Waals surface area contributed by atoms with Gasteiger partial charge in [-0.25, -0.2) is 4.79 Å². The van der Waals surface area contributed by atoms with Crippen LogP contribution in [0.25, 0.3) is 11.1 Å². The zero-order chi connectivity index (χ0) is 24.6. The molecule has 2 aromatic rings. The van der Waals surface area contributed by atoms with E-state index in [1.165, 1.54) is 0 Å². The van der Waals surface area contributed by atoms with Crippen LogP contribution in [0.5, 0.6) is 0 Å². The second-order valence-electron chi connectivity index (χ2n) is 9.70. The van der Waals surface area contributed by atoms with Crippen molar-refractivity contribution in [3.63, 3.8) is 0 Å². The quantitative estimate of drug-likeness (QED) is 0.626. The van der Waals surface area contributed by atoms with Gasteiger partial charge >= 0.3 is 12.1 Å². The van der Waals surface area contributed by atoms with Gasteiger partial charge in [-0.05, 0) is 41.0 Å². The first-order valence-electron chi connectivity index (χ1n) is 12.0. The van der Waals surface area contributed by atoms with Crippen molar-refractivity contribution >= 4 is 18.0 Å². The number of alkyl carbamates (subject to hydrolysis) is 1. The van der Waals surface area contributed by atoms with Crippen LogP contribution in [-0.2, 0) is 14.3 Å². The molecule has 3 aliphatic rings. The molecule has 2 aromatic carbocycles. The maximum Gasteiger partial charge on any atom is 0.407 e. The number of nitrogens with zero attached hydrogens (tertiary/aromatic N) is 1. The molecule has 0 radical (unpaired) electrons. The zero-order valence-corrected chi connectivity index (χ0v) is 19.4. The molecule has 180 valence electrons. The number of benzene rings is 2. The molecule has 1 unspecified atom stereocenters. The average molecular weight is 473 g/mol. The molecular weight excluding hydrogens is 444 g/mol. The summed E-state index contributed by atoms with van der Waals surface area (Å²) in [5.74, 6) is 1.08. The summed E-state index contributed by atoms with van der Waals surface area (Å²) >= 11 is 0. The van der Waals surface area contributed by atoms with Crippen LogP contribution in [0.1, 0.15) is 42.7 Å².